The average molecular weight is 340 g/mol. The monoisotopic (exact) mass is 339 g/mol. The number of rotatable bonds is 2. The molecule has 0 aliphatic carbocycles. The third kappa shape index (κ3) is 2.51. The van der Waals surface area contributed by atoms with E-state index < -0.39 is 0 Å². The third-order valence-corrected chi connectivity index (χ3v) is 4.33. The average Bonchev–Trinajstić information content (AvgIpc) is 2.75. The summed E-state index contributed by atoms with van der Waals surface area (Å²) in [4.78, 5) is 27.2. The Balaban J connectivity index is 1.83. The number of quaternary nitrogens is 1. The summed E-state index contributed by atoms with van der Waals surface area (Å²) in [6.07, 6.45) is 0.292. The lowest BCUT2D eigenvalue weighted by molar-refractivity contribution is -0.922. The van der Waals surface area contributed by atoms with Crippen molar-refractivity contribution in [3.8, 4) is 0 Å². The van der Waals surface area contributed by atoms with Gasteiger partial charge in [-0.05, 0) is 18.2 Å². The molecule has 0 radical (unpaired) electrons. The number of morpholine rings is 1. The molecule has 0 unspecified atom stereocenters. The summed E-state index contributed by atoms with van der Waals surface area (Å²) >= 11 is 3.37. The summed E-state index contributed by atoms with van der Waals surface area (Å²) in [5.41, 5.74) is 0.643. The zero-order valence-corrected chi connectivity index (χ0v) is 12.6. The summed E-state index contributed by atoms with van der Waals surface area (Å²) in [6.45, 7) is 2.89. The molecule has 1 atom stereocenters. The first-order chi connectivity index (χ1) is 9.66. The molecule has 2 aliphatic heterocycles. The summed E-state index contributed by atoms with van der Waals surface area (Å²) < 4.78 is 6.17. The summed E-state index contributed by atoms with van der Waals surface area (Å²) in [5, 5.41) is 0. The molecular weight excluding hydrogens is 324 g/mol. The standard InChI is InChI=1S/C14H15BrN2O3/c15-10-2-1-3-11(8-10)17-13(18)9-12(14(17)19)16-4-6-20-7-5-16/h1-3,8,12H,4-7,9H2/p+1/t12-/m1/s1. The Morgan fingerprint density at radius 3 is 2.70 bits per heavy atom. The first kappa shape index (κ1) is 13.7. The molecule has 106 valence electrons. The van der Waals surface area contributed by atoms with Crippen LogP contribution in [0.25, 0.3) is 0 Å². The number of halogens is 1. The van der Waals surface area contributed by atoms with Gasteiger partial charge in [-0.1, -0.05) is 22.0 Å². The first-order valence-corrected chi connectivity index (χ1v) is 7.51. The molecule has 2 fully saturated rings. The van der Waals surface area contributed by atoms with Crippen molar-refractivity contribution >= 4 is 33.4 Å². The number of anilines is 1. The molecule has 20 heavy (non-hydrogen) atoms. The molecule has 6 heteroatoms. The van der Waals surface area contributed by atoms with Gasteiger partial charge in [-0.3, -0.25) is 9.59 Å². The predicted molar refractivity (Wildman–Crippen MR) is 76.6 cm³/mol. The van der Waals surface area contributed by atoms with E-state index in [9.17, 15) is 9.59 Å². The topological polar surface area (TPSA) is 51.1 Å². The maximum Gasteiger partial charge on any atom is 0.292 e. The molecule has 1 aromatic carbocycles. The van der Waals surface area contributed by atoms with Gasteiger partial charge in [0.2, 0.25) is 5.91 Å². The maximum absolute atomic E-state index is 12.6. The minimum atomic E-state index is -0.259. The van der Waals surface area contributed by atoms with Crippen LogP contribution >= 0.6 is 15.9 Å². The van der Waals surface area contributed by atoms with Gasteiger partial charge in [-0.2, -0.15) is 0 Å². The van der Waals surface area contributed by atoms with E-state index in [1.165, 1.54) is 4.90 Å². The van der Waals surface area contributed by atoms with Crippen LogP contribution in [0.1, 0.15) is 6.42 Å². The van der Waals surface area contributed by atoms with Gasteiger partial charge in [0.1, 0.15) is 13.1 Å². The minimum absolute atomic E-state index is 0.0926. The Morgan fingerprint density at radius 1 is 1.25 bits per heavy atom. The van der Waals surface area contributed by atoms with Crippen LogP contribution < -0.4 is 9.80 Å². The van der Waals surface area contributed by atoms with E-state index in [4.69, 9.17) is 4.74 Å². The van der Waals surface area contributed by atoms with Crippen LogP contribution in [0.5, 0.6) is 0 Å². The molecule has 0 saturated carbocycles. The number of imide groups is 1. The minimum Gasteiger partial charge on any atom is -0.370 e. The zero-order valence-electron chi connectivity index (χ0n) is 11.0. The lowest BCUT2D eigenvalue weighted by Crippen LogP contribution is -3.18. The largest absolute Gasteiger partial charge is 0.370 e. The molecule has 0 bridgehead atoms. The second-order valence-electron chi connectivity index (χ2n) is 5.07. The number of amides is 2. The number of nitrogens with one attached hydrogen (secondary N) is 1. The Kier molecular flexibility index (Phi) is 3.87. The van der Waals surface area contributed by atoms with Crippen molar-refractivity contribution in [1.82, 2.24) is 0 Å². The van der Waals surface area contributed by atoms with Gasteiger partial charge in [0.25, 0.3) is 5.91 Å². The van der Waals surface area contributed by atoms with Crippen molar-refractivity contribution < 1.29 is 19.2 Å². The molecule has 1 aromatic rings. The molecule has 0 aromatic heterocycles. The van der Waals surface area contributed by atoms with Crippen molar-refractivity contribution in [2.75, 3.05) is 31.2 Å². The van der Waals surface area contributed by atoms with Gasteiger partial charge in [-0.15, -0.1) is 0 Å². The van der Waals surface area contributed by atoms with Gasteiger partial charge in [0, 0.05) is 4.47 Å². The molecule has 0 spiro atoms. The van der Waals surface area contributed by atoms with Crippen LogP contribution in [0.2, 0.25) is 0 Å². The van der Waals surface area contributed by atoms with Crippen LogP contribution in [0.3, 0.4) is 0 Å². The van der Waals surface area contributed by atoms with Gasteiger partial charge in [0.15, 0.2) is 6.04 Å². The fourth-order valence-electron chi connectivity index (χ4n) is 2.82. The van der Waals surface area contributed by atoms with E-state index in [1.807, 2.05) is 12.1 Å². The SMILES string of the molecule is O=C1C[C@@H]([NH+]2CCOCC2)C(=O)N1c1cccc(Br)c1. The Bertz CT molecular complexity index is 543. The molecule has 2 aliphatic rings. The third-order valence-electron chi connectivity index (χ3n) is 3.84. The number of carbonyl (C=O) groups is 2. The lowest BCUT2D eigenvalue weighted by Gasteiger charge is -2.27. The second kappa shape index (κ2) is 5.63. The Morgan fingerprint density at radius 2 is 2.00 bits per heavy atom. The zero-order chi connectivity index (χ0) is 14.1. The molecule has 3 rings (SSSR count). The van der Waals surface area contributed by atoms with Crippen molar-refractivity contribution in [2.24, 2.45) is 0 Å². The molecular formula is C14H16BrN2O3+. The number of ether oxygens (including phenoxy) is 1. The molecule has 2 heterocycles. The van der Waals surface area contributed by atoms with E-state index in [0.717, 1.165) is 22.5 Å². The lowest BCUT2D eigenvalue weighted by atomic mass is 10.2. The molecule has 2 saturated heterocycles. The smallest absolute Gasteiger partial charge is 0.292 e. The first-order valence-electron chi connectivity index (χ1n) is 6.71. The Hall–Kier alpha value is -1.24. The summed E-state index contributed by atoms with van der Waals surface area (Å²) in [5.74, 6) is -0.206. The Labute approximate surface area is 125 Å². The highest BCUT2D eigenvalue weighted by atomic mass is 79.9. The quantitative estimate of drug-likeness (QED) is 0.771. The van der Waals surface area contributed by atoms with Crippen LogP contribution in [0.4, 0.5) is 5.69 Å². The highest BCUT2D eigenvalue weighted by molar-refractivity contribution is 9.10. The van der Waals surface area contributed by atoms with E-state index in [1.54, 1.807) is 12.1 Å². The van der Waals surface area contributed by atoms with Crippen LogP contribution in [-0.4, -0.2) is 44.2 Å². The number of carbonyl (C=O) groups excluding carboxylic acids is 2. The molecule has 2 amide bonds. The van der Waals surface area contributed by atoms with E-state index >= 15 is 0 Å². The molecule has 1 N–H and O–H groups in total. The van der Waals surface area contributed by atoms with Crippen molar-refractivity contribution in [3.63, 3.8) is 0 Å². The van der Waals surface area contributed by atoms with E-state index in [0.29, 0.717) is 25.3 Å². The van der Waals surface area contributed by atoms with E-state index in [-0.39, 0.29) is 17.9 Å². The number of benzene rings is 1. The fourth-order valence-corrected chi connectivity index (χ4v) is 3.21. The maximum atomic E-state index is 12.6. The van der Waals surface area contributed by atoms with Gasteiger partial charge in [0.05, 0.1) is 25.3 Å². The number of hydrogen-bond donors (Lipinski definition) is 1. The highest BCUT2D eigenvalue weighted by Crippen LogP contribution is 2.24. The van der Waals surface area contributed by atoms with Gasteiger partial charge < -0.3 is 9.64 Å². The van der Waals surface area contributed by atoms with Crippen LogP contribution in [0, 0.1) is 0 Å². The highest BCUT2D eigenvalue weighted by Gasteiger charge is 2.46. The second-order valence-corrected chi connectivity index (χ2v) is 5.99. The van der Waals surface area contributed by atoms with Gasteiger partial charge >= 0.3 is 0 Å². The number of nitrogens with zero attached hydrogens (tertiary/aromatic N) is 1. The number of hydrogen-bond acceptors (Lipinski definition) is 3. The molecule has 5 nitrogen and oxygen atoms in total. The van der Waals surface area contributed by atoms with Gasteiger partial charge in [-0.25, -0.2) is 4.90 Å². The fraction of sp³-hybridized carbons (Fsp3) is 0.429. The summed E-state index contributed by atoms with van der Waals surface area (Å²) in [7, 11) is 0. The van der Waals surface area contributed by atoms with Crippen LogP contribution in [-0.2, 0) is 14.3 Å². The van der Waals surface area contributed by atoms with Crippen LogP contribution in [0.15, 0.2) is 28.7 Å². The van der Waals surface area contributed by atoms with Crippen molar-refractivity contribution in [2.45, 2.75) is 12.5 Å². The van der Waals surface area contributed by atoms with E-state index in [2.05, 4.69) is 15.9 Å². The van der Waals surface area contributed by atoms with Crippen molar-refractivity contribution in [3.05, 3.63) is 28.7 Å². The summed E-state index contributed by atoms with van der Waals surface area (Å²) in [6, 6.07) is 7.03. The van der Waals surface area contributed by atoms with Crippen molar-refractivity contribution in [1.29, 1.82) is 0 Å². The normalized spacial score (nSPS) is 24.4. The predicted octanol–water partition coefficient (Wildman–Crippen LogP) is -0.00390.